The molecular weight excluding hydrogens is 402 g/mol. The van der Waals surface area contributed by atoms with Crippen molar-refractivity contribution < 1.29 is 0 Å². The third kappa shape index (κ3) is 3.41. The first-order valence-electron chi connectivity index (χ1n) is 7.79. The molecule has 0 fully saturated rings. The lowest BCUT2D eigenvalue weighted by molar-refractivity contribution is 0.770. The zero-order valence-electron chi connectivity index (χ0n) is 13.0. The van der Waals surface area contributed by atoms with Crippen LogP contribution in [0.2, 0.25) is 0 Å². The molecule has 0 N–H and O–H groups in total. The van der Waals surface area contributed by atoms with Crippen LogP contribution in [-0.2, 0) is 6.42 Å². The lowest BCUT2D eigenvalue weighted by atomic mass is 10.1. The second-order valence-corrected chi connectivity index (χ2v) is 9.27. The molecule has 1 nitrogen and oxygen atoms in total. The van der Waals surface area contributed by atoms with Crippen molar-refractivity contribution in [2.45, 2.75) is 29.9 Å². The molecule has 3 heteroatoms. The fourth-order valence-corrected chi connectivity index (χ4v) is 3.92. The maximum atomic E-state index is 3.69. The van der Waals surface area contributed by atoms with Crippen LogP contribution in [0.25, 0.3) is 11.1 Å². The van der Waals surface area contributed by atoms with Gasteiger partial charge in [0, 0.05) is 28.4 Å². The number of alkyl halides is 2. The van der Waals surface area contributed by atoms with Gasteiger partial charge in [0.1, 0.15) is 0 Å². The van der Waals surface area contributed by atoms with E-state index in [0.29, 0.717) is 9.65 Å². The van der Waals surface area contributed by atoms with E-state index in [2.05, 4.69) is 93.1 Å². The summed E-state index contributed by atoms with van der Waals surface area (Å²) in [6.45, 7) is 6.44. The van der Waals surface area contributed by atoms with Crippen LogP contribution in [0, 0.1) is 0 Å². The summed E-state index contributed by atoms with van der Waals surface area (Å²) in [5.74, 6) is 0. The molecule has 0 aliphatic heterocycles. The molecule has 0 amide bonds. The molecule has 0 heterocycles. The van der Waals surface area contributed by atoms with E-state index in [1.807, 2.05) is 0 Å². The van der Waals surface area contributed by atoms with Crippen molar-refractivity contribution in [3.63, 3.8) is 0 Å². The first-order chi connectivity index (χ1) is 10.5. The van der Waals surface area contributed by atoms with Gasteiger partial charge in [0.25, 0.3) is 0 Å². The Balaban J connectivity index is 1.91. The van der Waals surface area contributed by atoms with Gasteiger partial charge in [-0.1, -0.05) is 76.0 Å². The smallest absolute Gasteiger partial charge is 0.0370 e. The maximum Gasteiger partial charge on any atom is 0.0370 e. The molecule has 2 aromatic rings. The van der Waals surface area contributed by atoms with Crippen molar-refractivity contribution in [1.82, 2.24) is 0 Å². The molecule has 0 spiro atoms. The molecule has 0 saturated carbocycles. The van der Waals surface area contributed by atoms with Crippen molar-refractivity contribution in [3.05, 3.63) is 53.6 Å². The van der Waals surface area contributed by atoms with Gasteiger partial charge < -0.3 is 4.90 Å². The average molecular weight is 423 g/mol. The summed E-state index contributed by atoms with van der Waals surface area (Å²) in [6, 6.07) is 15.7. The van der Waals surface area contributed by atoms with Crippen LogP contribution in [0.3, 0.4) is 0 Å². The molecule has 0 radical (unpaired) electrons. The van der Waals surface area contributed by atoms with Gasteiger partial charge in [-0.05, 0) is 40.8 Å². The first-order valence-corrected chi connectivity index (χ1v) is 9.62. The molecule has 1 aliphatic rings. The van der Waals surface area contributed by atoms with Gasteiger partial charge in [0.2, 0.25) is 0 Å². The van der Waals surface area contributed by atoms with Crippen LogP contribution < -0.4 is 4.90 Å². The van der Waals surface area contributed by atoms with Crippen molar-refractivity contribution in [2.75, 3.05) is 18.0 Å². The molecule has 0 aromatic heterocycles. The topological polar surface area (TPSA) is 3.24 Å². The standard InChI is InChI=1S/C19H21Br2N/c1-13(20)11-22(12-14(2)21)17-7-8-19-16(10-17)9-15-5-3-4-6-18(15)19/h3-8,10,13-14H,9,11-12H2,1-2H3/t13-,14-/m1/s1. The zero-order valence-corrected chi connectivity index (χ0v) is 16.2. The molecule has 22 heavy (non-hydrogen) atoms. The minimum absolute atomic E-state index is 0.476. The SMILES string of the molecule is C[C@@H](Br)CN(C[C@@H](C)Br)c1ccc2c(c1)Cc1ccccc1-2. The summed E-state index contributed by atoms with van der Waals surface area (Å²) in [5, 5.41) is 0. The Morgan fingerprint density at radius 1 is 0.909 bits per heavy atom. The highest BCUT2D eigenvalue weighted by Crippen LogP contribution is 2.38. The van der Waals surface area contributed by atoms with Crippen LogP contribution in [0.1, 0.15) is 25.0 Å². The molecule has 0 saturated heterocycles. The van der Waals surface area contributed by atoms with Crippen LogP contribution in [-0.4, -0.2) is 22.7 Å². The van der Waals surface area contributed by atoms with E-state index in [4.69, 9.17) is 0 Å². The fourth-order valence-electron chi connectivity index (χ4n) is 3.22. The number of anilines is 1. The Labute approximate surface area is 150 Å². The Morgan fingerprint density at radius 2 is 1.55 bits per heavy atom. The largest absolute Gasteiger partial charge is 0.369 e. The van der Waals surface area contributed by atoms with Crippen molar-refractivity contribution >= 4 is 37.5 Å². The molecule has 2 aromatic carbocycles. The molecular formula is C19H21Br2N. The molecule has 2 atom stereocenters. The van der Waals surface area contributed by atoms with Crippen LogP contribution in [0.4, 0.5) is 5.69 Å². The zero-order chi connectivity index (χ0) is 15.7. The summed E-state index contributed by atoms with van der Waals surface area (Å²) >= 11 is 7.38. The monoisotopic (exact) mass is 421 g/mol. The summed E-state index contributed by atoms with van der Waals surface area (Å²) in [7, 11) is 0. The van der Waals surface area contributed by atoms with E-state index in [1.54, 1.807) is 0 Å². The number of hydrogen-bond acceptors (Lipinski definition) is 1. The number of fused-ring (bicyclic) bond motifs is 3. The first kappa shape index (κ1) is 16.1. The minimum atomic E-state index is 0.476. The molecule has 0 unspecified atom stereocenters. The second-order valence-electron chi connectivity index (χ2n) is 6.14. The van der Waals surface area contributed by atoms with E-state index in [0.717, 1.165) is 19.5 Å². The predicted octanol–water partition coefficient (Wildman–Crippen LogP) is 5.63. The number of benzene rings is 2. The number of halogens is 2. The van der Waals surface area contributed by atoms with Gasteiger partial charge in [0.15, 0.2) is 0 Å². The minimum Gasteiger partial charge on any atom is -0.369 e. The van der Waals surface area contributed by atoms with E-state index in [1.165, 1.54) is 27.9 Å². The maximum absolute atomic E-state index is 3.69. The Morgan fingerprint density at radius 3 is 2.23 bits per heavy atom. The van der Waals surface area contributed by atoms with Gasteiger partial charge in [0.05, 0.1) is 0 Å². The third-order valence-electron chi connectivity index (χ3n) is 4.09. The quantitative estimate of drug-likeness (QED) is 0.481. The fraction of sp³-hybridized carbons (Fsp3) is 0.368. The molecule has 0 bridgehead atoms. The van der Waals surface area contributed by atoms with Crippen molar-refractivity contribution in [3.8, 4) is 11.1 Å². The normalized spacial score (nSPS) is 15.1. The Hall–Kier alpha value is -0.800. The van der Waals surface area contributed by atoms with Crippen LogP contribution in [0.15, 0.2) is 42.5 Å². The van der Waals surface area contributed by atoms with Gasteiger partial charge in [-0.25, -0.2) is 0 Å². The highest BCUT2D eigenvalue weighted by Gasteiger charge is 2.20. The van der Waals surface area contributed by atoms with Crippen molar-refractivity contribution in [1.29, 1.82) is 0 Å². The lowest BCUT2D eigenvalue weighted by Crippen LogP contribution is -2.33. The van der Waals surface area contributed by atoms with Gasteiger partial charge in [-0.2, -0.15) is 0 Å². The summed E-state index contributed by atoms with van der Waals surface area (Å²) in [6.07, 6.45) is 1.06. The van der Waals surface area contributed by atoms with Gasteiger partial charge >= 0.3 is 0 Å². The Kier molecular flexibility index (Phi) is 4.94. The van der Waals surface area contributed by atoms with Crippen molar-refractivity contribution in [2.24, 2.45) is 0 Å². The van der Waals surface area contributed by atoms with Gasteiger partial charge in [-0.3, -0.25) is 0 Å². The van der Waals surface area contributed by atoms with E-state index in [-0.39, 0.29) is 0 Å². The second kappa shape index (κ2) is 6.76. The van der Waals surface area contributed by atoms with E-state index in [9.17, 15) is 0 Å². The third-order valence-corrected chi connectivity index (χ3v) is 4.67. The van der Waals surface area contributed by atoms with E-state index < -0.39 is 0 Å². The van der Waals surface area contributed by atoms with Crippen LogP contribution >= 0.6 is 31.9 Å². The summed E-state index contributed by atoms with van der Waals surface area (Å²) in [5.41, 5.74) is 7.03. The molecule has 116 valence electrons. The summed E-state index contributed by atoms with van der Waals surface area (Å²) in [4.78, 5) is 3.41. The lowest BCUT2D eigenvalue weighted by Gasteiger charge is -2.28. The molecule has 1 aliphatic carbocycles. The predicted molar refractivity (Wildman–Crippen MR) is 104 cm³/mol. The number of rotatable bonds is 5. The Bertz CT molecular complexity index is 654. The van der Waals surface area contributed by atoms with E-state index >= 15 is 0 Å². The summed E-state index contributed by atoms with van der Waals surface area (Å²) < 4.78 is 0. The highest BCUT2D eigenvalue weighted by molar-refractivity contribution is 9.09. The number of hydrogen-bond donors (Lipinski definition) is 0. The van der Waals surface area contributed by atoms with Gasteiger partial charge in [-0.15, -0.1) is 0 Å². The average Bonchev–Trinajstić information content (AvgIpc) is 2.83. The number of nitrogens with zero attached hydrogens (tertiary/aromatic N) is 1. The highest BCUT2D eigenvalue weighted by atomic mass is 79.9. The van der Waals surface area contributed by atoms with Crippen LogP contribution in [0.5, 0.6) is 0 Å². The molecule has 3 rings (SSSR count).